The Morgan fingerprint density at radius 2 is 2.29 bits per heavy atom. The zero-order valence-corrected chi connectivity index (χ0v) is 8.89. The standard InChI is InChI=1S/C9H11N3OS/c1-5-7(6(2)13-12-5)3-9-11-8(10)4-14-9/h4H,3,10H2,1-2H3. The van der Waals surface area contributed by atoms with Crippen LogP contribution in [0, 0.1) is 13.8 Å². The average Bonchev–Trinajstić information content (AvgIpc) is 2.67. The van der Waals surface area contributed by atoms with Crippen LogP contribution in [-0.4, -0.2) is 10.1 Å². The van der Waals surface area contributed by atoms with Crippen LogP contribution in [0.4, 0.5) is 5.82 Å². The van der Waals surface area contributed by atoms with Crippen LogP contribution in [0.1, 0.15) is 22.0 Å². The third-order valence-electron chi connectivity index (χ3n) is 2.08. The molecule has 2 rings (SSSR count). The Bertz CT molecular complexity index is 427. The number of rotatable bonds is 2. The minimum atomic E-state index is 0.580. The summed E-state index contributed by atoms with van der Waals surface area (Å²) in [6, 6.07) is 0. The van der Waals surface area contributed by atoms with Gasteiger partial charge in [-0.05, 0) is 13.8 Å². The Balaban J connectivity index is 2.26. The summed E-state index contributed by atoms with van der Waals surface area (Å²) in [7, 11) is 0. The lowest BCUT2D eigenvalue weighted by molar-refractivity contribution is 0.392. The summed E-state index contributed by atoms with van der Waals surface area (Å²) in [6.07, 6.45) is 0.753. The van der Waals surface area contributed by atoms with Crippen molar-refractivity contribution in [3.63, 3.8) is 0 Å². The first-order valence-electron chi connectivity index (χ1n) is 4.28. The van der Waals surface area contributed by atoms with Gasteiger partial charge >= 0.3 is 0 Å². The molecule has 0 saturated carbocycles. The molecule has 0 aliphatic heterocycles. The highest BCUT2D eigenvalue weighted by Crippen LogP contribution is 2.20. The first-order chi connectivity index (χ1) is 6.66. The van der Waals surface area contributed by atoms with E-state index in [0.717, 1.165) is 28.4 Å². The van der Waals surface area contributed by atoms with Crippen molar-refractivity contribution < 1.29 is 4.52 Å². The van der Waals surface area contributed by atoms with Crippen LogP contribution in [0.2, 0.25) is 0 Å². The fourth-order valence-electron chi connectivity index (χ4n) is 1.31. The number of hydrogen-bond donors (Lipinski definition) is 1. The van der Waals surface area contributed by atoms with E-state index in [-0.39, 0.29) is 0 Å². The normalized spacial score (nSPS) is 10.7. The summed E-state index contributed by atoms with van der Waals surface area (Å²) in [6.45, 7) is 3.84. The molecule has 2 heterocycles. The minimum absolute atomic E-state index is 0.580. The summed E-state index contributed by atoms with van der Waals surface area (Å²) in [4.78, 5) is 4.19. The molecule has 0 saturated heterocycles. The minimum Gasteiger partial charge on any atom is -0.383 e. The Hall–Kier alpha value is -1.36. The average molecular weight is 209 g/mol. The van der Waals surface area contributed by atoms with Gasteiger partial charge in [-0.1, -0.05) is 5.16 Å². The van der Waals surface area contributed by atoms with E-state index in [9.17, 15) is 0 Å². The summed E-state index contributed by atoms with van der Waals surface area (Å²) >= 11 is 1.56. The molecule has 0 fully saturated rings. The number of nitrogens with two attached hydrogens (primary N) is 1. The SMILES string of the molecule is Cc1noc(C)c1Cc1nc(N)cs1. The van der Waals surface area contributed by atoms with E-state index < -0.39 is 0 Å². The Morgan fingerprint density at radius 1 is 1.50 bits per heavy atom. The molecule has 14 heavy (non-hydrogen) atoms. The first kappa shape index (κ1) is 9.21. The van der Waals surface area contributed by atoms with E-state index in [2.05, 4.69) is 10.1 Å². The van der Waals surface area contributed by atoms with Gasteiger partial charge in [0, 0.05) is 17.4 Å². The maximum atomic E-state index is 5.54. The van der Waals surface area contributed by atoms with Gasteiger partial charge in [0.2, 0.25) is 0 Å². The Morgan fingerprint density at radius 3 is 2.79 bits per heavy atom. The lowest BCUT2D eigenvalue weighted by Gasteiger charge is -1.94. The van der Waals surface area contributed by atoms with E-state index in [0.29, 0.717) is 5.82 Å². The molecule has 2 N–H and O–H groups in total. The molecule has 0 aliphatic carbocycles. The summed E-state index contributed by atoms with van der Waals surface area (Å²) in [5.74, 6) is 1.44. The van der Waals surface area contributed by atoms with Crippen molar-refractivity contribution in [2.24, 2.45) is 0 Å². The number of anilines is 1. The summed E-state index contributed by atoms with van der Waals surface area (Å²) in [5.41, 5.74) is 7.58. The molecule has 5 heteroatoms. The predicted molar refractivity (Wildman–Crippen MR) is 55.3 cm³/mol. The van der Waals surface area contributed by atoms with Gasteiger partial charge in [-0.15, -0.1) is 11.3 Å². The lowest BCUT2D eigenvalue weighted by Crippen LogP contribution is -1.91. The predicted octanol–water partition coefficient (Wildman–Crippen LogP) is 1.92. The Labute approximate surface area is 85.7 Å². The van der Waals surface area contributed by atoms with Gasteiger partial charge in [-0.2, -0.15) is 0 Å². The van der Waals surface area contributed by atoms with Crippen molar-refractivity contribution in [2.45, 2.75) is 20.3 Å². The molecule has 0 amide bonds. The van der Waals surface area contributed by atoms with Gasteiger partial charge in [0.15, 0.2) is 0 Å². The van der Waals surface area contributed by atoms with E-state index in [1.54, 1.807) is 11.3 Å². The van der Waals surface area contributed by atoms with Gasteiger partial charge in [0.25, 0.3) is 0 Å². The van der Waals surface area contributed by atoms with Gasteiger partial charge in [0.1, 0.15) is 11.6 Å². The molecule has 2 aromatic rings. The quantitative estimate of drug-likeness (QED) is 0.820. The van der Waals surface area contributed by atoms with Crippen LogP contribution in [-0.2, 0) is 6.42 Å². The smallest absolute Gasteiger partial charge is 0.137 e. The molecule has 0 bridgehead atoms. The van der Waals surface area contributed by atoms with Crippen molar-refractivity contribution in [1.29, 1.82) is 0 Å². The molecule has 0 spiro atoms. The zero-order chi connectivity index (χ0) is 10.1. The van der Waals surface area contributed by atoms with Crippen molar-refractivity contribution in [3.8, 4) is 0 Å². The van der Waals surface area contributed by atoms with E-state index in [1.165, 1.54) is 0 Å². The van der Waals surface area contributed by atoms with Crippen molar-refractivity contribution in [3.05, 3.63) is 27.4 Å². The highest BCUT2D eigenvalue weighted by atomic mass is 32.1. The topological polar surface area (TPSA) is 64.9 Å². The molecule has 0 aliphatic rings. The van der Waals surface area contributed by atoms with Crippen LogP contribution in [0.5, 0.6) is 0 Å². The number of thiazole rings is 1. The maximum absolute atomic E-state index is 5.54. The van der Waals surface area contributed by atoms with E-state index in [4.69, 9.17) is 10.3 Å². The molecular weight excluding hydrogens is 198 g/mol. The molecule has 0 aromatic carbocycles. The van der Waals surface area contributed by atoms with Crippen molar-refractivity contribution in [1.82, 2.24) is 10.1 Å². The molecule has 0 unspecified atom stereocenters. The second-order valence-corrected chi connectivity index (χ2v) is 4.09. The van der Waals surface area contributed by atoms with Gasteiger partial charge in [-0.3, -0.25) is 0 Å². The van der Waals surface area contributed by atoms with Crippen LogP contribution < -0.4 is 5.73 Å². The van der Waals surface area contributed by atoms with Gasteiger partial charge in [0.05, 0.1) is 10.7 Å². The van der Waals surface area contributed by atoms with Gasteiger partial charge in [-0.25, -0.2) is 4.98 Å². The van der Waals surface area contributed by atoms with E-state index >= 15 is 0 Å². The van der Waals surface area contributed by atoms with E-state index in [1.807, 2.05) is 19.2 Å². The molecule has 0 radical (unpaired) electrons. The summed E-state index contributed by atoms with van der Waals surface area (Å²) in [5, 5.41) is 6.73. The number of aromatic nitrogens is 2. The number of nitrogen functional groups attached to an aromatic ring is 1. The number of aryl methyl sites for hydroxylation is 2. The third-order valence-corrected chi connectivity index (χ3v) is 2.95. The van der Waals surface area contributed by atoms with Crippen molar-refractivity contribution >= 4 is 17.2 Å². The third kappa shape index (κ3) is 1.63. The largest absolute Gasteiger partial charge is 0.383 e. The second-order valence-electron chi connectivity index (χ2n) is 3.15. The molecule has 74 valence electrons. The highest BCUT2D eigenvalue weighted by Gasteiger charge is 2.11. The first-order valence-corrected chi connectivity index (χ1v) is 5.16. The second kappa shape index (κ2) is 3.42. The van der Waals surface area contributed by atoms with Crippen LogP contribution in [0.25, 0.3) is 0 Å². The lowest BCUT2D eigenvalue weighted by atomic mass is 10.1. The Kier molecular flexibility index (Phi) is 2.25. The maximum Gasteiger partial charge on any atom is 0.137 e. The number of nitrogens with zero attached hydrogens (tertiary/aromatic N) is 2. The fourth-order valence-corrected chi connectivity index (χ4v) is 2.01. The zero-order valence-electron chi connectivity index (χ0n) is 8.07. The highest BCUT2D eigenvalue weighted by molar-refractivity contribution is 7.10. The number of hydrogen-bond acceptors (Lipinski definition) is 5. The monoisotopic (exact) mass is 209 g/mol. The van der Waals surface area contributed by atoms with Crippen LogP contribution in [0.3, 0.4) is 0 Å². The molecular formula is C9H11N3OS. The van der Waals surface area contributed by atoms with Gasteiger partial charge < -0.3 is 10.3 Å². The van der Waals surface area contributed by atoms with Crippen LogP contribution in [0.15, 0.2) is 9.90 Å². The van der Waals surface area contributed by atoms with Crippen molar-refractivity contribution in [2.75, 3.05) is 5.73 Å². The molecule has 4 nitrogen and oxygen atoms in total. The van der Waals surface area contributed by atoms with Crippen LogP contribution >= 0.6 is 11.3 Å². The molecule has 2 aromatic heterocycles. The summed E-state index contributed by atoms with van der Waals surface area (Å²) < 4.78 is 5.07. The fraction of sp³-hybridized carbons (Fsp3) is 0.333. The molecule has 0 atom stereocenters.